The van der Waals surface area contributed by atoms with Gasteiger partial charge in [-0.1, -0.05) is 11.6 Å². The van der Waals surface area contributed by atoms with Gasteiger partial charge < -0.3 is 4.98 Å². The first-order valence-corrected chi connectivity index (χ1v) is 7.12. The van der Waals surface area contributed by atoms with Gasteiger partial charge in [0.25, 0.3) is 5.56 Å². The molecule has 1 heterocycles. The Morgan fingerprint density at radius 2 is 2.04 bits per heavy atom. The topological polar surface area (TPSA) is 69.5 Å². The van der Waals surface area contributed by atoms with E-state index in [0.29, 0.717) is 15.9 Å². The van der Waals surface area contributed by atoms with Crippen LogP contribution in [0.5, 0.6) is 0 Å². The summed E-state index contributed by atoms with van der Waals surface area (Å²) in [5.41, 5.74) is -0.409. The van der Waals surface area contributed by atoms with Gasteiger partial charge in [-0.2, -0.15) is 5.26 Å². The van der Waals surface area contributed by atoms with Crippen LogP contribution in [0.2, 0.25) is 5.02 Å². The molecule has 3 rings (SSSR count). The van der Waals surface area contributed by atoms with Crippen LogP contribution >= 0.6 is 11.6 Å². The maximum absolute atomic E-state index is 13.7. The highest BCUT2D eigenvalue weighted by atomic mass is 35.5. The van der Waals surface area contributed by atoms with Gasteiger partial charge in [-0.15, -0.1) is 0 Å². The SMILES string of the molecule is N#C/C(=C/c1cc(F)ccc1F)c1nc2cc(Cl)ccc2c(=O)[nH]1. The Labute approximate surface area is 139 Å². The van der Waals surface area contributed by atoms with Crippen molar-refractivity contribution in [1.82, 2.24) is 9.97 Å². The van der Waals surface area contributed by atoms with Gasteiger partial charge in [0, 0.05) is 10.6 Å². The van der Waals surface area contributed by atoms with Gasteiger partial charge in [0.15, 0.2) is 5.82 Å². The van der Waals surface area contributed by atoms with Crippen LogP contribution in [0.3, 0.4) is 0 Å². The second-order valence-electron chi connectivity index (χ2n) is 4.91. The number of nitriles is 1. The molecule has 1 N–H and O–H groups in total. The standard InChI is InChI=1S/C17H8ClF2N3O/c18-11-1-3-13-15(7-11)22-16(23-17(13)24)10(8-21)5-9-6-12(19)2-4-14(9)20/h1-7H,(H,22,23,24)/b10-5-. The van der Waals surface area contributed by atoms with E-state index in [0.717, 1.165) is 24.3 Å². The predicted octanol–water partition coefficient (Wildman–Crippen LogP) is 3.92. The highest BCUT2D eigenvalue weighted by Gasteiger charge is 2.10. The third-order valence-corrected chi connectivity index (χ3v) is 3.54. The summed E-state index contributed by atoms with van der Waals surface area (Å²) in [7, 11) is 0. The zero-order valence-corrected chi connectivity index (χ0v) is 12.7. The van der Waals surface area contributed by atoms with Crippen molar-refractivity contribution >= 4 is 34.2 Å². The lowest BCUT2D eigenvalue weighted by Gasteiger charge is -2.03. The van der Waals surface area contributed by atoms with Crippen LogP contribution in [0.4, 0.5) is 8.78 Å². The number of rotatable bonds is 2. The summed E-state index contributed by atoms with van der Waals surface area (Å²) < 4.78 is 27.0. The number of nitrogens with one attached hydrogen (secondary N) is 1. The Morgan fingerprint density at radius 3 is 2.79 bits per heavy atom. The zero-order valence-electron chi connectivity index (χ0n) is 12.0. The molecule has 2 aromatic carbocycles. The van der Waals surface area contributed by atoms with Gasteiger partial charge in [0.05, 0.1) is 16.5 Å². The molecule has 0 bridgehead atoms. The molecular formula is C17H8ClF2N3O. The number of H-pyrrole nitrogens is 1. The molecule has 0 aliphatic rings. The van der Waals surface area contributed by atoms with Crippen molar-refractivity contribution in [3.8, 4) is 6.07 Å². The van der Waals surface area contributed by atoms with Crippen LogP contribution in [0, 0.1) is 23.0 Å². The first-order valence-electron chi connectivity index (χ1n) is 6.75. The van der Waals surface area contributed by atoms with Gasteiger partial charge in [-0.05, 0) is 42.5 Å². The molecular weight excluding hydrogens is 336 g/mol. The maximum Gasteiger partial charge on any atom is 0.259 e. The van der Waals surface area contributed by atoms with Gasteiger partial charge in [-0.3, -0.25) is 4.79 Å². The fourth-order valence-electron chi connectivity index (χ4n) is 2.17. The fourth-order valence-corrected chi connectivity index (χ4v) is 2.34. The van der Waals surface area contributed by atoms with Gasteiger partial charge >= 0.3 is 0 Å². The molecule has 0 aliphatic carbocycles. The predicted molar refractivity (Wildman–Crippen MR) is 87.2 cm³/mol. The molecule has 4 nitrogen and oxygen atoms in total. The number of benzene rings is 2. The summed E-state index contributed by atoms with van der Waals surface area (Å²) in [6.07, 6.45) is 1.12. The number of hydrogen-bond acceptors (Lipinski definition) is 3. The molecule has 1 aromatic heterocycles. The summed E-state index contributed by atoms with van der Waals surface area (Å²) in [5.74, 6) is -1.40. The highest BCUT2D eigenvalue weighted by molar-refractivity contribution is 6.31. The van der Waals surface area contributed by atoms with E-state index in [1.54, 1.807) is 6.07 Å². The minimum absolute atomic E-state index is 0.0547. The van der Waals surface area contributed by atoms with Crippen LogP contribution in [0.15, 0.2) is 41.2 Å². The zero-order chi connectivity index (χ0) is 17.3. The molecule has 0 unspecified atom stereocenters. The Balaban J connectivity index is 2.20. The number of fused-ring (bicyclic) bond motifs is 1. The van der Waals surface area contributed by atoms with E-state index in [1.165, 1.54) is 12.1 Å². The van der Waals surface area contributed by atoms with Crippen molar-refractivity contribution in [2.24, 2.45) is 0 Å². The molecule has 118 valence electrons. The number of allylic oxidation sites excluding steroid dienone is 1. The van der Waals surface area contributed by atoms with E-state index < -0.39 is 17.2 Å². The number of aromatic amines is 1. The van der Waals surface area contributed by atoms with E-state index in [9.17, 15) is 18.8 Å². The maximum atomic E-state index is 13.7. The lowest BCUT2D eigenvalue weighted by molar-refractivity contribution is 0.598. The summed E-state index contributed by atoms with van der Waals surface area (Å²) in [6, 6.07) is 9.23. The quantitative estimate of drug-likeness (QED) is 0.717. The van der Waals surface area contributed by atoms with Gasteiger partial charge in [0.1, 0.15) is 17.7 Å². The van der Waals surface area contributed by atoms with Crippen molar-refractivity contribution in [1.29, 1.82) is 5.26 Å². The molecule has 0 saturated carbocycles. The molecule has 7 heteroatoms. The third kappa shape index (κ3) is 3.03. The van der Waals surface area contributed by atoms with Gasteiger partial charge in [-0.25, -0.2) is 13.8 Å². The first kappa shape index (κ1) is 15.8. The number of halogens is 3. The minimum atomic E-state index is -0.699. The second-order valence-corrected chi connectivity index (χ2v) is 5.35. The van der Waals surface area contributed by atoms with Crippen LogP contribution in [-0.2, 0) is 0 Å². The molecule has 3 aromatic rings. The van der Waals surface area contributed by atoms with E-state index >= 15 is 0 Å². The monoisotopic (exact) mass is 343 g/mol. The Bertz CT molecular complexity index is 1080. The lowest BCUT2D eigenvalue weighted by atomic mass is 10.1. The smallest absolute Gasteiger partial charge is 0.259 e. The minimum Gasteiger partial charge on any atom is -0.305 e. The number of nitrogens with zero attached hydrogens (tertiary/aromatic N) is 2. The summed E-state index contributed by atoms with van der Waals surface area (Å²) in [5, 5.41) is 9.98. The van der Waals surface area contributed by atoms with Crippen LogP contribution in [0.25, 0.3) is 22.6 Å². The molecule has 0 fully saturated rings. The Hall–Kier alpha value is -3.04. The molecule has 0 saturated heterocycles. The largest absolute Gasteiger partial charge is 0.305 e. The van der Waals surface area contributed by atoms with Crippen molar-refractivity contribution in [3.63, 3.8) is 0 Å². The molecule has 0 aliphatic heterocycles. The van der Waals surface area contributed by atoms with E-state index in [2.05, 4.69) is 9.97 Å². The van der Waals surface area contributed by atoms with Crippen LogP contribution in [-0.4, -0.2) is 9.97 Å². The normalized spacial score (nSPS) is 11.5. The molecule has 0 spiro atoms. The molecule has 0 radical (unpaired) electrons. The fraction of sp³-hybridized carbons (Fsp3) is 0. The van der Waals surface area contributed by atoms with E-state index in [4.69, 9.17) is 11.6 Å². The Kier molecular flexibility index (Phi) is 4.11. The van der Waals surface area contributed by atoms with E-state index in [-0.39, 0.29) is 17.0 Å². The third-order valence-electron chi connectivity index (χ3n) is 3.30. The average molecular weight is 344 g/mol. The highest BCUT2D eigenvalue weighted by Crippen LogP contribution is 2.20. The average Bonchev–Trinajstić information content (AvgIpc) is 2.55. The van der Waals surface area contributed by atoms with Gasteiger partial charge in [0.2, 0.25) is 0 Å². The Morgan fingerprint density at radius 1 is 1.25 bits per heavy atom. The van der Waals surface area contributed by atoms with E-state index in [1.807, 2.05) is 6.07 Å². The van der Waals surface area contributed by atoms with Crippen molar-refractivity contribution < 1.29 is 8.78 Å². The van der Waals surface area contributed by atoms with Crippen molar-refractivity contribution in [2.75, 3.05) is 0 Å². The van der Waals surface area contributed by atoms with Crippen LogP contribution < -0.4 is 5.56 Å². The number of aromatic nitrogens is 2. The lowest BCUT2D eigenvalue weighted by Crippen LogP contribution is -2.11. The van der Waals surface area contributed by atoms with Crippen molar-refractivity contribution in [2.45, 2.75) is 0 Å². The van der Waals surface area contributed by atoms with Crippen molar-refractivity contribution in [3.05, 3.63) is 74.8 Å². The molecule has 0 amide bonds. The molecule has 0 atom stereocenters. The number of hydrogen-bond donors (Lipinski definition) is 1. The summed E-state index contributed by atoms with van der Waals surface area (Å²) >= 11 is 5.88. The first-order chi connectivity index (χ1) is 11.5. The van der Waals surface area contributed by atoms with Crippen LogP contribution in [0.1, 0.15) is 11.4 Å². The summed E-state index contributed by atoms with van der Waals surface area (Å²) in [4.78, 5) is 18.7. The second kappa shape index (κ2) is 6.22. The summed E-state index contributed by atoms with van der Waals surface area (Å²) in [6.45, 7) is 0. The molecule has 24 heavy (non-hydrogen) atoms.